The molecule has 1 aliphatic rings. The number of hydrogen-bond acceptors (Lipinski definition) is 5. The van der Waals surface area contributed by atoms with Gasteiger partial charge in [-0.25, -0.2) is 17.9 Å². The highest BCUT2D eigenvalue weighted by Crippen LogP contribution is 2.49. The number of sulfonamides is 1. The van der Waals surface area contributed by atoms with Gasteiger partial charge in [0.05, 0.1) is 6.10 Å². The van der Waals surface area contributed by atoms with Gasteiger partial charge in [-0.2, -0.15) is 0 Å². The van der Waals surface area contributed by atoms with E-state index < -0.39 is 21.8 Å². The molecule has 1 aliphatic carbocycles. The molecule has 1 aromatic heterocycles. The summed E-state index contributed by atoms with van der Waals surface area (Å²) in [5.74, 6) is -1.71. The second-order valence-corrected chi connectivity index (χ2v) is 7.14. The quantitative estimate of drug-likeness (QED) is 0.790. The highest BCUT2D eigenvalue weighted by atomic mass is 32.2. The number of carboxylic acid groups (broad SMARTS) is 1. The van der Waals surface area contributed by atoms with Gasteiger partial charge in [-0.15, -0.1) is 0 Å². The number of aromatic carboxylic acids is 1. The number of methoxy groups -OCH3 is 1. The molecule has 2 rings (SSSR count). The number of carbonyl (C=O) groups is 1. The van der Waals surface area contributed by atoms with Crippen molar-refractivity contribution in [2.24, 2.45) is 5.41 Å². The summed E-state index contributed by atoms with van der Waals surface area (Å²) in [7, 11) is -2.27. The summed E-state index contributed by atoms with van der Waals surface area (Å²) < 4.78 is 37.6. The molecule has 1 saturated carbocycles. The van der Waals surface area contributed by atoms with Crippen molar-refractivity contribution in [1.29, 1.82) is 0 Å². The van der Waals surface area contributed by atoms with Crippen LogP contribution >= 0.6 is 0 Å². The molecule has 8 heteroatoms. The monoisotopic (exact) mass is 331 g/mol. The minimum absolute atomic E-state index is 0.0152. The maximum absolute atomic E-state index is 12.3. The van der Waals surface area contributed by atoms with E-state index in [4.69, 9.17) is 14.3 Å². The number of carboxylic acids is 1. The van der Waals surface area contributed by atoms with E-state index in [-0.39, 0.29) is 22.7 Å². The van der Waals surface area contributed by atoms with Gasteiger partial charge in [0.1, 0.15) is 0 Å². The van der Waals surface area contributed by atoms with E-state index in [2.05, 4.69) is 4.72 Å². The SMILES string of the molecule is CCC1(CC)C(NS(=O)(=O)c2ccc(C(=O)O)o2)CC1OC. The van der Waals surface area contributed by atoms with Crippen molar-refractivity contribution in [2.75, 3.05) is 7.11 Å². The molecule has 1 fully saturated rings. The molecule has 2 unspecified atom stereocenters. The summed E-state index contributed by atoms with van der Waals surface area (Å²) in [5.41, 5.74) is -0.246. The summed E-state index contributed by atoms with van der Waals surface area (Å²) in [4.78, 5) is 10.8. The lowest BCUT2D eigenvalue weighted by molar-refractivity contribution is -0.117. The van der Waals surface area contributed by atoms with E-state index >= 15 is 0 Å². The van der Waals surface area contributed by atoms with Crippen LogP contribution in [0.25, 0.3) is 0 Å². The first-order valence-corrected chi connectivity index (χ1v) is 8.67. The van der Waals surface area contributed by atoms with Crippen LogP contribution in [0.2, 0.25) is 0 Å². The standard InChI is InChI=1S/C14H21NO6S/c1-4-14(5-2)10(8-11(14)20-3)15-22(18,19)12-7-6-9(21-12)13(16)17/h6-7,10-11,15H,4-5,8H2,1-3H3,(H,16,17). The number of ether oxygens (including phenoxy) is 1. The summed E-state index contributed by atoms with van der Waals surface area (Å²) in [5, 5.41) is 8.42. The minimum Gasteiger partial charge on any atom is -0.475 e. The fourth-order valence-corrected chi connectivity index (χ4v) is 4.54. The second kappa shape index (κ2) is 6.02. The number of nitrogens with one attached hydrogen (secondary N) is 1. The molecule has 1 aromatic rings. The van der Waals surface area contributed by atoms with Gasteiger partial charge in [-0.3, -0.25) is 0 Å². The molecule has 0 saturated heterocycles. The molecule has 1 heterocycles. The zero-order valence-electron chi connectivity index (χ0n) is 12.8. The van der Waals surface area contributed by atoms with Gasteiger partial charge in [0.25, 0.3) is 10.0 Å². The molecule has 2 atom stereocenters. The smallest absolute Gasteiger partial charge is 0.371 e. The number of rotatable bonds is 7. The summed E-state index contributed by atoms with van der Waals surface area (Å²) in [6.07, 6.45) is 2.17. The van der Waals surface area contributed by atoms with E-state index in [9.17, 15) is 13.2 Å². The van der Waals surface area contributed by atoms with Crippen LogP contribution in [0.5, 0.6) is 0 Å². The molecule has 0 aromatic carbocycles. The number of furan rings is 1. The first kappa shape index (κ1) is 17.0. The van der Waals surface area contributed by atoms with Gasteiger partial charge in [-0.05, 0) is 31.4 Å². The highest BCUT2D eigenvalue weighted by Gasteiger charge is 2.54. The van der Waals surface area contributed by atoms with Crippen molar-refractivity contribution in [3.8, 4) is 0 Å². The van der Waals surface area contributed by atoms with Gasteiger partial charge in [0, 0.05) is 18.6 Å². The maximum Gasteiger partial charge on any atom is 0.371 e. The Kier molecular flexibility index (Phi) is 4.65. The van der Waals surface area contributed by atoms with E-state index in [1.165, 1.54) is 0 Å². The summed E-state index contributed by atoms with van der Waals surface area (Å²) in [6, 6.07) is 2.02. The lowest BCUT2D eigenvalue weighted by atomic mass is 9.59. The van der Waals surface area contributed by atoms with E-state index in [1.807, 2.05) is 13.8 Å². The van der Waals surface area contributed by atoms with Crippen molar-refractivity contribution in [2.45, 2.75) is 50.3 Å². The molecular formula is C14H21NO6S. The predicted octanol–water partition coefficient (Wildman–Crippen LogP) is 1.85. The molecule has 7 nitrogen and oxygen atoms in total. The summed E-state index contributed by atoms with van der Waals surface area (Å²) in [6.45, 7) is 4.01. The first-order chi connectivity index (χ1) is 10.3. The fourth-order valence-electron chi connectivity index (χ4n) is 3.27. The molecule has 22 heavy (non-hydrogen) atoms. The molecule has 2 N–H and O–H groups in total. The molecular weight excluding hydrogens is 310 g/mol. The lowest BCUT2D eigenvalue weighted by Crippen LogP contribution is -2.64. The van der Waals surface area contributed by atoms with Gasteiger partial charge in [0.2, 0.25) is 10.9 Å². The van der Waals surface area contributed by atoms with Crippen LogP contribution in [0.4, 0.5) is 0 Å². The van der Waals surface area contributed by atoms with Gasteiger partial charge < -0.3 is 14.3 Å². The van der Waals surface area contributed by atoms with Crippen LogP contribution in [0.1, 0.15) is 43.7 Å². The molecule has 0 aliphatic heterocycles. The van der Waals surface area contributed by atoms with Crippen molar-refractivity contribution in [3.63, 3.8) is 0 Å². The first-order valence-electron chi connectivity index (χ1n) is 7.19. The van der Waals surface area contributed by atoms with Gasteiger partial charge in [0.15, 0.2) is 0 Å². The van der Waals surface area contributed by atoms with Gasteiger partial charge in [-0.1, -0.05) is 13.8 Å². The number of hydrogen-bond donors (Lipinski definition) is 2. The normalized spacial score (nSPS) is 24.0. The predicted molar refractivity (Wildman–Crippen MR) is 78.2 cm³/mol. The maximum atomic E-state index is 12.3. The van der Waals surface area contributed by atoms with Crippen molar-refractivity contribution in [1.82, 2.24) is 4.72 Å². The molecule has 0 bridgehead atoms. The Bertz CT molecular complexity index is 646. The van der Waals surface area contributed by atoms with E-state index in [0.29, 0.717) is 6.42 Å². The Morgan fingerprint density at radius 2 is 2.09 bits per heavy atom. The van der Waals surface area contributed by atoms with E-state index in [0.717, 1.165) is 25.0 Å². The average molecular weight is 331 g/mol. The van der Waals surface area contributed by atoms with Crippen molar-refractivity contribution < 1.29 is 27.5 Å². The van der Waals surface area contributed by atoms with Crippen LogP contribution in [-0.4, -0.2) is 38.7 Å². The summed E-state index contributed by atoms with van der Waals surface area (Å²) >= 11 is 0. The molecule has 0 spiro atoms. The Hall–Kier alpha value is -1.38. The van der Waals surface area contributed by atoms with Crippen molar-refractivity contribution in [3.05, 3.63) is 17.9 Å². The Balaban J connectivity index is 2.20. The van der Waals surface area contributed by atoms with Crippen LogP contribution in [0.15, 0.2) is 21.6 Å². The Morgan fingerprint density at radius 3 is 2.55 bits per heavy atom. The van der Waals surface area contributed by atoms with Crippen LogP contribution in [-0.2, 0) is 14.8 Å². The third kappa shape index (κ3) is 2.66. The van der Waals surface area contributed by atoms with E-state index in [1.54, 1.807) is 7.11 Å². The highest BCUT2D eigenvalue weighted by molar-refractivity contribution is 7.89. The average Bonchev–Trinajstić information content (AvgIpc) is 2.95. The zero-order chi connectivity index (χ0) is 16.5. The Morgan fingerprint density at radius 1 is 1.45 bits per heavy atom. The topological polar surface area (TPSA) is 106 Å². The molecule has 0 radical (unpaired) electrons. The minimum atomic E-state index is -3.89. The lowest BCUT2D eigenvalue weighted by Gasteiger charge is -2.54. The van der Waals surface area contributed by atoms with Crippen LogP contribution in [0, 0.1) is 5.41 Å². The molecule has 124 valence electrons. The third-order valence-corrected chi connectivity index (χ3v) is 6.08. The van der Waals surface area contributed by atoms with Gasteiger partial charge >= 0.3 is 5.97 Å². The third-order valence-electron chi connectivity index (χ3n) is 4.74. The Labute approximate surface area is 129 Å². The van der Waals surface area contributed by atoms with Crippen molar-refractivity contribution >= 4 is 16.0 Å². The zero-order valence-corrected chi connectivity index (χ0v) is 13.6. The molecule has 0 amide bonds. The second-order valence-electron chi connectivity index (χ2n) is 5.50. The fraction of sp³-hybridized carbons (Fsp3) is 0.643. The van der Waals surface area contributed by atoms with Crippen LogP contribution in [0.3, 0.4) is 0 Å². The largest absolute Gasteiger partial charge is 0.475 e. The van der Waals surface area contributed by atoms with Crippen LogP contribution < -0.4 is 4.72 Å².